The molecule has 0 radical (unpaired) electrons. The molecule has 0 aliphatic rings. The van der Waals surface area contributed by atoms with Crippen LogP contribution in [-0.2, 0) is 0 Å². The Hall–Kier alpha value is -3.52. The average Bonchev–Trinajstić information content (AvgIpc) is 2.74. The van der Waals surface area contributed by atoms with Gasteiger partial charge in [0.05, 0.1) is 0 Å². The summed E-state index contributed by atoms with van der Waals surface area (Å²) in [6, 6.07) is 28.2. The van der Waals surface area contributed by atoms with Gasteiger partial charge in [-0.25, -0.2) is 0 Å². The fourth-order valence-corrected chi connectivity index (χ4v) is 3.44. The SMILES string of the molecule is Cc1ccc(-c2cc(-c3ccc(-c4ccccc4)cc3)c(O)c(C)c2O)cc1. The lowest BCUT2D eigenvalue weighted by Crippen LogP contribution is -1.89. The lowest BCUT2D eigenvalue weighted by molar-refractivity contribution is 0.446. The lowest BCUT2D eigenvalue weighted by atomic mass is 9.93. The Morgan fingerprint density at radius 1 is 0.500 bits per heavy atom. The molecular weight excluding hydrogens is 344 g/mol. The number of benzene rings is 4. The molecule has 0 aliphatic heterocycles. The van der Waals surface area contributed by atoms with Crippen LogP contribution in [0.5, 0.6) is 11.5 Å². The molecule has 2 N–H and O–H groups in total. The van der Waals surface area contributed by atoms with E-state index in [0.29, 0.717) is 11.1 Å². The molecule has 0 aromatic heterocycles. The van der Waals surface area contributed by atoms with Crippen LogP contribution in [0.25, 0.3) is 33.4 Å². The highest BCUT2D eigenvalue weighted by Gasteiger charge is 2.16. The second-order valence-electron chi connectivity index (χ2n) is 7.10. The first kappa shape index (κ1) is 17.9. The maximum Gasteiger partial charge on any atom is 0.130 e. The normalized spacial score (nSPS) is 10.8. The zero-order valence-corrected chi connectivity index (χ0v) is 16.0. The number of phenolic OH excluding ortho intramolecular Hbond substituents is 2. The van der Waals surface area contributed by atoms with Crippen LogP contribution in [-0.4, -0.2) is 10.2 Å². The van der Waals surface area contributed by atoms with Crippen LogP contribution in [0, 0.1) is 13.8 Å². The second-order valence-corrected chi connectivity index (χ2v) is 7.10. The van der Waals surface area contributed by atoms with Gasteiger partial charge >= 0.3 is 0 Å². The molecule has 28 heavy (non-hydrogen) atoms. The van der Waals surface area contributed by atoms with Crippen LogP contribution in [0.2, 0.25) is 0 Å². The van der Waals surface area contributed by atoms with Crippen molar-refractivity contribution >= 4 is 0 Å². The van der Waals surface area contributed by atoms with Gasteiger partial charge in [-0.2, -0.15) is 0 Å². The van der Waals surface area contributed by atoms with Crippen molar-refractivity contribution in [3.05, 3.63) is 96.1 Å². The third-order valence-electron chi connectivity index (χ3n) is 5.17. The van der Waals surface area contributed by atoms with E-state index in [9.17, 15) is 10.2 Å². The lowest BCUT2D eigenvalue weighted by Gasteiger charge is -2.15. The molecule has 0 heterocycles. The average molecular weight is 366 g/mol. The molecule has 4 aromatic rings. The van der Waals surface area contributed by atoms with E-state index in [4.69, 9.17) is 0 Å². The van der Waals surface area contributed by atoms with E-state index in [0.717, 1.165) is 33.4 Å². The Kier molecular flexibility index (Phi) is 4.62. The van der Waals surface area contributed by atoms with Crippen molar-refractivity contribution in [2.75, 3.05) is 0 Å². The first-order valence-electron chi connectivity index (χ1n) is 9.33. The van der Waals surface area contributed by atoms with Crippen LogP contribution < -0.4 is 0 Å². The van der Waals surface area contributed by atoms with Crippen molar-refractivity contribution < 1.29 is 10.2 Å². The molecular formula is C26H22O2. The highest BCUT2D eigenvalue weighted by atomic mass is 16.3. The van der Waals surface area contributed by atoms with Gasteiger partial charge in [-0.15, -0.1) is 0 Å². The molecule has 0 saturated carbocycles. The Labute approximate surface area is 165 Å². The fourth-order valence-electron chi connectivity index (χ4n) is 3.44. The molecule has 4 aromatic carbocycles. The molecule has 0 atom stereocenters. The Morgan fingerprint density at radius 3 is 1.46 bits per heavy atom. The minimum Gasteiger partial charge on any atom is -0.507 e. The molecule has 0 spiro atoms. The molecule has 0 unspecified atom stereocenters. The van der Waals surface area contributed by atoms with E-state index >= 15 is 0 Å². The number of hydrogen-bond donors (Lipinski definition) is 2. The van der Waals surface area contributed by atoms with Gasteiger partial charge in [0.15, 0.2) is 0 Å². The summed E-state index contributed by atoms with van der Waals surface area (Å²) in [5, 5.41) is 21.3. The number of aromatic hydroxyl groups is 2. The number of phenols is 2. The molecule has 0 fully saturated rings. The number of hydrogen-bond acceptors (Lipinski definition) is 2. The van der Waals surface area contributed by atoms with Gasteiger partial charge < -0.3 is 10.2 Å². The monoisotopic (exact) mass is 366 g/mol. The third kappa shape index (κ3) is 3.25. The van der Waals surface area contributed by atoms with Crippen molar-refractivity contribution in [3.63, 3.8) is 0 Å². The summed E-state index contributed by atoms with van der Waals surface area (Å²) in [5.41, 5.74) is 7.19. The number of rotatable bonds is 3. The highest BCUT2D eigenvalue weighted by Crippen LogP contribution is 2.43. The van der Waals surface area contributed by atoms with E-state index < -0.39 is 0 Å². The van der Waals surface area contributed by atoms with E-state index in [-0.39, 0.29) is 11.5 Å². The van der Waals surface area contributed by atoms with Crippen molar-refractivity contribution in [3.8, 4) is 44.9 Å². The molecule has 0 aliphatic carbocycles. The molecule has 0 saturated heterocycles. The Bertz CT molecular complexity index is 1110. The number of aryl methyl sites for hydroxylation is 1. The van der Waals surface area contributed by atoms with Gasteiger partial charge in [0.1, 0.15) is 11.5 Å². The van der Waals surface area contributed by atoms with Crippen LogP contribution in [0.15, 0.2) is 84.9 Å². The quantitative estimate of drug-likeness (QED) is 0.423. The zero-order valence-electron chi connectivity index (χ0n) is 16.0. The molecule has 0 bridgehead atoms. The van der Waals surface area contributed by atoms with Crippen LogP contribution in [0.1, 0.15) is 11.1 Å². The van der Waals surface area contributed by atoms with E-state index in [1.165, 1.54) is 0 Å². The van der Waals surface area contributed by atoms with Gasteiger partial charge in [-0.3, -0.25) is 0 Å². The zero-order chi connectivity index (χ0) is 19.7. The van der Waals surface area contributed by atoms with Crippen LogP contribution in [0.3, 0.4) is 0 Å². The summed E-state index contributed by atoms with van der Waals surface area (Å²) in [5.74, 6) is 0.229. The largest absolute Gasteiger partial charge is 0.507 e. The summed E-state index contributed by atoms with van der Waals surface area (Å²) in [6.45, 7) is 3.77. The van der Waals surface area contributed by atoms with Gasteiger partial charge in [-0.05, 0) is 42.2 Å². The first-order valence-corrected chi connectivity index (χ1v) is 9.33. The van der Waals surface area contributed by atoms with Crippen LogP contribution in [0.4, 0.5) is 0 Å². The van der Waals surface area contributed by atoms with Gasteiger partial charge in [0.25, 0.3) is 0 Å². The summed E-state index contributed by atoms with van der Waals surface area (Å²) in [7, 11) is 0. The van der Waals surface area contributed by atoms with Crippen molar-refractivity contribution in [1.82, 2.24) is 0 Å². The Morgan fingerprint density at radius 2 is 0.929 bits per heavy atom. The molecule has 0 amide bonds. The standard InChI is InChI=1S/C26H22O2/c1-17-8-10-21(11-9-17)23-16-24(26(28)18(2)25(23)27)22-14-12-20(13-15-22)19-6-4-3-5-7-19/h3-16,27-28H,1-2H3. The maximum absolute atomic E-state index is 10.7. The molecule has 2 nitrogen and oxygen atoms in total. The van der Waals surface area contributed by atoms with Gasteiger partial charge in [0.2, 0.25) is 0 Å². The maximum atomic E-state index is 10.7. The summed E-state index contributed by atoms with van der Waals surface area (Å²) in [6.07, 6.45) is 0. The van der Waals surface area contributed by atoms with Gasteiger partial charge in [-0.1, -0.05) is 84.4 Å². The molecule has 4 rings (SSSR count). The predicted molar refractivity (Wildman–Crippen MR) is 116 cm³/mol. The minimum atomic E-state index is 0.112. The topological polar surface area (TPSA) is 40.5 Å². The van der Waals surface area contributed by atoms with E-state index in [1.807, 2.05) is 67.6 Å². The minimum absolute atomic E-state index is 0.112. The first-order chi connectivity index (χ1) is 13.5. The predicted octanol–water partition coefficient (Wildman–Crippen LogP) is 6.72. The van der Waals surface area contributed by atoms with E-state index in [2.05, 4.69) is 24.3 Å². The van der Waals surface area contributed by atoms with Crippen molar-refractivity contribution in [2.24, 2.45) is 0 Å². The summed E-state index contributed by atoms with van der Waals surface area (Å²) in [4.78, 5) is 0. The summed E-state index contributed by atoms with van der Waals surface area (Å²) >= 11 is 0. The smallest absolute Gasteiger partial charge is 0.130 e. The third-order valence-corrected chi connectivity index (χ3v) is 5.17. The summed E-state index contributed by atoms with van der Waals surface area (Å²) < 4.78 is 0. The molecule has 2 heteroatoms. The van der Waals surface area contributed by atoms with Crippen molar-refractivity contribution in [2.45, 2.75) is 13.8 Å². The van der Waals surface area contributed by atoms with E-state index in [1.54, 1.807) is 6.92 Å². The van der Waals surface area contributed by atoms with Crippen LogP contribution >= 0.6 is 0 Å². The Balaban J connectivity index is 1.80. The van der Waals surface area contributed by atoms with Gasteiger partial charge in [0, 0.05) is 16.7 Å². The van der Waals surface area contributed by atoms with Crippen molar-refractivity contribution in [1.29, 1.82) is 0 Å². The molecule has 138 valence electrons. The second kappa shape index (κ2) is 7.24. The highest BCUT2D eigenvalue weighted by molar-refractivity contribution is 5.84. The fraction of sp³-hybridized carbons (Fsp3) is 0.0769.